The van der Waals surface area contributed by atoms with E-state index in [4.69, 9.17) is 14.2 Å². The first-order valence-electron chi connectivity index (χ1n) is 13.2. The number of carbonyl (C=O) groups excluding carboxylic acids is 2. The van der Waals surface area contributed by atoms with Gasteiger partial charge in [0, 0.05) is 30.5 Å². The summed E-state index contributed by atoms with van der Waals surface area (Å²) in [4.78, 5) is 29.2. The second-order valence-corrected chi connectivity index (χ2v) is 9.56. The van der Waals surface area contributed by atoms with Crippen molar-refractivity contribution < 1.29 is 28.2 Å². The highest BCUT2D eigenvalue weighted by Crippen LogP contribution is 2.38. The topological polar surface area (TPSA) is 74.7 Å². The Labute approximate surface area is 237 Å². The van der Waals surface area contributed by atoms with Crippen LogP contribution in [0.25, 0.3) is 10.9 Å². The number of hydrogen-bond acceptors (Lipinski definition) is 6. The van der Waals surface area contributed by atoms with Gasteiger partial charge < -0.3 is 14.2 Å². The summed E-state index contributed by atoms with van der Waals surface area (Å²) >= 11 is 0. The number of carbonyl (C=O) groups is 2. The summed E-state index contributed by atoms with van der Waals surface area (Å²) in [7, 11) is 1.54. The molecule has 1 aromatic heterocycles. The van der Waals surface area contributed by atoms with E-state index in [0.717, 1.165) is 11.1 Å². The summed E-state index contributed by atoms with van der Waals surface area (Å²) in [6.45, 7) is 0.361. The third-order valence-electron chi connectivity index (χ3n) is 6.48. The van der Waals surface area contributed by atoms with Gasteiger partial charge >= 0.3 is 0 Å². The van der Waals surface area contributed by atoms with Gasteiger partial charge in [-0.05, 0) is 41.0 Å². The molecule has 0 radical (unpaired) electrons. The van der Waals surface area contributed by atoms with Crippen molar-refractivity contribution in [3.63, 3.8) is 0 Å². The molecule has 0 bridgehead atoms. The molecule has 0 aliphatic rings. The Morgan fingerprint density at radius 3 is 2.07 bits per heavy atom. The molecule has 41 heavy (non-hydrogen) atoms. The van der Waals surface area contributed by atoms with E-state index in [1.807, 2.05) is 60.7 Å². The van der Waals surface area contributed by atoms with Crippen LogP contribution in [0.5, 0.6) is 23.0 Å². The molecule has 0 amide bonds. The van der Waals surface area contributed by atoms with Crippen molar-refractivity contribution in [3.8, 4) is 23.0 Å². The fraction of sp³-hybridized carbons (Fsp3) is 0.147. The van der Waals surface area contributed by atoms with Gasteiger partial charge in [0.05, 0.1) is 19.0 Å². The Bertz CT molecular complexity index is 1670. The van der Waals surface area contributed by atoms with Crippen LogP contribution in [0.2, 0.25) is 0 Å². The van der Waals surface area contributed by atoms with Crippen LogP contribution in [0.15, 0.2) is 103 Å². The lowest BCUT2D eigenvalue weighted by molar-refractivity contribution is -0.126. The second kappa shape index (κ2) is 12.9. The molecule has 5 rings (SSSR count). The van der Waals surface area contributed by atoms with Crippen LogP contribution >= 0.6 is 0 Å². The first-order valence-corrected chi connectivity index (χ1v) is 13.2. The van der Waals surface area contributed by atoms with E-state index in [2.05, 4.69) is 4.98 Å². The molecule has 0 saturated heterocycles. The van der Waals surface area contributed by atoms with Gasteiger partial charge in [-0.2, -0.15) is 0 Å². The first-order chi connectivity index (χ1) is 20.0. The lowest BCUT2D eigenvalue weighted by Crippen LogP contribution is -2.12. The number of ketones is 2. The SMILES string of the molecule is COc1cc2c(Oc3ccc(CC(=O)CC(=O)Cc4ccccc4)cc3F)ccnc2cc1OCc1ccccc1. The van der Waals surface area contributed by atoms with Crippen molar-refractivity contribution in [2.45, 2.75) is 25.9 Å². The smallest absolute Gasteiger partial charge is 0.166 e. The minimum atomic E-state index is -0.620. The molecular weight excluding hydrogens is 521 g/mol. The highest BCUT2D eigenvalue weighted by molar-refractivity contribution is 6.00. The second-order valence-electron chi connectivity index (χ2n) is 9.56. The number of nitrogens with zero attached hydrogens (tertiary/aromatic N) is 1. The van der Waals surface area contributed by atoms with Crippen LogP contribution in [0.1, 0.15) is 23.1 Å². The van der Waals surface area contributed by atoms with Crippen LogP contribution in [0.4, 0.5) is 4.39 Å². The van der Waals surface area contributed by atoms with Gasteiger partial charge in [-0.1, -0.05) is 66.7 Å². The summed E-state index contributed by atoms with van der Waals surface area (Å²) in [5.41, 5.74) is 2.93. The zero-order chi connectivity index (χ0) is 28.6. The van der Waals surface area contributed by atoms with Gasteiger partial charge in [0.1, 0.15) is 23.9 Å². The largest absolute Gasteiger partial charge is 0.493 e. The fourth-order valence-corrected chi connectivity index (χ4v) is 4.48. The molecular formula is C34H28FNO5. The lowest BCUT2D eigenvalue weighted by atomic mass is 10.0. The van der Waals surface area contributed by atoms with Crippen LogP contribution in [0.3, 0.4) is 0 Å². The van der Waals surface area contributed by atoms with E-state index in [0.29, 0.717) is 40.3 Å². The third-order valence-corrected chi connectivity index (χ3v) is 6.48. The Balaban J connectivity index is 1.27. The molecule has 0 N–H and O–H groups in total. The molecule has 0 atom stereocenters. The third kappa shape index (κ3) is 7.13. The quantitative estimate of drug-likeness (QED) is 0.155. The molecule has 0 aliphatic heterocycles. The first kappa shape index (κ1) is 27.5. The summed E-state index contributed by atoms with van der Waals surface area (Å²) in [6, 6.07) is 28.5. The van der Waals surface area contributed by atoms with Gasteiger partial charge in [-0.3, -0.25) is 14.6 Å². The Kier molecular flexibility index (Phi) is 8.64. The minimum Gasteiger partial charge on any atom is -0.493 e. The Morgan fingerprint density at radius 1 is 0.707 bits per heavy atom. The highest BCUT2D eigenvalue weighted by Gasteiger charge is 2.16. The van der Waals surface area contributed by atoms with E-state index in [1.165, 1.54) is 12.1 Å². The maximum atomic E-state index is 15.0. The standard InChI is InChI=1S/C34H28FNO5/c1-39-33-20-28-30(21-34(33)40-22-24-10-6-3-7-11-24)36-15-14-31(28)41-32-13-12-25(18-29(32)35)17-27(38)19-26(37)16-23-8-4-2-5-9-23/h2-15,18,20-21H,16-17,19,22H2,1H3. The normalized spacial score (nSPS) is 10.8. The number of rotatable bonds is 12. The molecule has 0 fully saturated rings. The number of aromatic nitrogens is 1. The average Bonchev–Trinajstić information content (AvgIpc) is 2.98. The van der Waals surface area contributed by atoms with Crippen LogP contribution in [-0.2, 0) is 29.0 Å². The van der Waals surface area contributed by atoms with Crippen LogP contribution < -0.4 is 14.2 Å². The molecule has 206 valence electrons. The number of halogens is 1. The van der Waals surface area contributed by atoms with Crippen molar-refractivity contribution in [3.05, 3.63) is 126 Å². The van der Waals surface area contributed by atoms with Crippen molar-refractivity contribution in [2.24, 2.45) is 0 Å². The molecule has 7 heteroatoms. The lowest BCUT2D eigenvalue weighted by Gasteiger charge is -2.14. The summed E-state index contributed by atoms with van der Waals surface area (Å²) in [5.74, 6) is 0.338. The zero-order valence-electron chi connectivity index (χ0n) is 22.5. The number of Topliss-reactive ketones (excluding diaryl/α,β-unsaturated/α-hetero) is 2. The number of fused-ring (bicyclic) bond motifs is 1. The number of methoxy groups -OCH3 is 1. The van der Waals surface area contributed by atoms with Gasteiger partial charge in [0.25, 0.3) is 0 Å². The molecule has 5 aromatic rings. The van der Waals surface area contributed by atoms with Gasteiger partial charge in [-0.15, -0.1) is 0 Å². The summed E-state index contributed by atoms with van der Waals surface area (Å²) in [6.07, 6.45) is 1.52. The van der Waals surface area contributed by atoms with Gasteiger partial charge in [-0.25, -0.2) is 4.39 Å². The fourth-order valence-electron chi connectivity index (χ4n) is 4.48. The molecule has 4 aromatic carbocycles. The van der Waals surface area contributed by atoms with Crippen molar-refractivity contribution in [2.75, 3.05) is 7.11 Å². The van der Waals surface area contributed by atoms with E-state index < -0.39 is 5.82 Å². The van der Waals surface area contributed by atoms with E-state index >= 15 is 4.39 Å². The van der Waals surface area contributed by atoms with Crippen molar-refractivity contribution in [1.82, 2.24) is 4.98 Å². The number of benzene rings is 4. The van der Waals surface area contributed by atoms with Gasteiger partial charge in [0.2, 0.25) is 0 Å². The molecule has 0 spiro atoms. The number of ether oxygens (including phenoxy) is 3. The zero-order valence-corrected chi connectivity index (χ0v) is 22.5. The Morgan fingerprint density at radius 2 is 1.39 bits per heavy atom. The predicted octanol–water partition coefficient (Wildman–Crippen LogP) is 7.07. The highest BCUT2D eigenvalue weighted by atomic mass is 19.1. The van der Waals surface area contributed by atoms with Crippen LogP contribution in [-0.4, -0.2) is 23.7 Å². The van der Waals surface area contributed by atoms with E-state index in [1.54, 1.807) is 37.6 Å². The predicted molar refractivity (Wildman–Crippen MR) is 154 cm³/mol. The Hall–Kier alpha value is -5.04. The van der Waals surface area contributed by atoms with E-state index in [-0.39, 0.29) is 36.6 Å². The maximum absolute atomic E-state index is 15.0. The average molecular weight is 550 g/mol. The summed E-state index contributed by atoms with van der Waals surface area (Å²) in [5, 5.41) is 0.618. The monoisotopic (exact) mass is 549 g/mol. The molecule has 1 heterocycles. The molecule has 0 unspecified atom stereocenters. The molecule has 6 nitrogen and oxygen atoms in total. The van der Waals surface area contributed by atoms with Crippen molar-refractivity contribution >= 4 is 22.5 Å². The van der Waals surface area contributed by atoms with Crippen LogP contribution in [0, 0.1) is 5.82 Å². The van der Waals surface area contributed by atoms with Gasteiger partial charge in [0.15, 0.2) is 23.1 Å². The van der Waals surface area contributed by atoms with E-state index in [9.17, 15) is 9.59 Å². The summed E-state index contributed by atoms with van der Waals surface area (Å²) < 4.78 is 32.5. The molecule has 0 saturated carbocycles. The minimum absolute atomic E-state index is 0.00257. The van der Waals surface area contributed by atoms with Crippen molar-refractivity contribution in [1.29, 1.82) is 0 Å². The number of hydrogen-bond donors (Lipinski definition) is 0. The maximum Gasteiger partial charge on any atom is 0.166 e. The number of pyridine rings is 1. The molecule has 0 aliphatic carbocycles.